The SMILES string of the molecule is C1=COC(CNCc2cnc[nH]2)CC1. The van der Waals surface area contributed by atoms with E-state index in [-0.39, 0.29) is 0 Å². The summed E-state index contributed by atoms with van der Waals surface area (Å²) in [5.41, 5.74) is 1.11. The standard InChI is InChI=1S/C10H15N3O/c1-2-4-14-10(3-1)7-11-5-9-6-12-8-13-9/h2,4,6,8,10-11H,1,3,5,7H2,(H,12,13). The predicted octanol–water partition coefficient (Wildman–Crippen LogP) is 1.19. The highest BCUT2D eigenvalue weighted by Crippen LogP contribution is 2.08. The van der Waals surface area contributed by atoms with Crippen LogP contribution in [0.15, 0.2) is 24.9 Å². The topological polar surface area (TPSA) is 49.9 Å². The largest absolute Gasteiger partial charge is 0.497 e. The van der Waals surface area contributed by atoms with Gasteiger partial charge >= 0.3 is 0 Å². The molecule has 1 aromatic heterocycles. The molecule has 0 aliphatic carbocycles. The van der Waals surface area contributed by atoms with Crippen molar-refractivity contribution >= 4 is 0 Å². The van der Waals surface area contributed by atoms with Crippen molar-refractivity contribution in [1.29, 1.82) is 0 Å². The molecule has 2 heterocycles. The van der Waals surface area contributed by atoms with Gasteiger partial charge in [0.25, 0.3) is 0 Å². The van der Waals surface area contributed by atoms with Crippen molar-refractivity contribution in [3.8, 4) is 0 Å². The highest BCUT2D eigenvalue weighted by molar-refractivity contribution is 4.93. The number of ether oxygens (including phenoxy) is 1. The van der Waals surface area contributed by atoms with Gasteiger partial charge in [-0.15, -0.1) is 0 Å². The zero-order valence-corrected chi connectivity index (χ0v) is 8.07. The monoisotopic (exact) mass is 193 g/mol. The smallest absolute Gasteiger partial charge is 0.110 e. The average Bonchev–Trinajstić information content (AvgIpc) is 2.72. The fourth-order valence-electron chi connectivity index (χ4n) is 1.48. The Morgan fingerprint density at radius 2 is 2.64 bits per heavy atom. The second-order valence-electron chi connectivity index (χ2n) is 3.41. The number of H-pyrrole nitrogens is 1. The first-order valence-corrected chi connectivity index (χ1v) is 4.93. The summed E-state index contributed by atoms with van der Waals surface area (Å²) < 4.78 is 5.43. The second kappa shape index (κ2) is 4.81. The van der Waals surface area contributed by atoms with Gasteiger partial charge in [-0.2, -0.15) is 0 Å². The molecule has 4 nitrogen and oxygen atoms in total. The molecule has 2 rings (SSSR count). The number of nitrogens with one attached hydrogen (secondary N) is 2. The molecule has 0 radical (unpaired) electrons. The molecule has 14 heavy (non-hydrogen) atoms. The Balaban J connectivity index is 1.65. The Morgan fingerprint density at radius 3 is 3.36 bits per heavy atom. The first-order chi connectivity index (χ1) is 6.95. The van der Waals surface area contributed by atoms with Crippen molar-refractivity contribution in [2.24, 2.45) is 0 Å². The normalized spacial score (nSPS) is 20.7. The van der Waals surface area contributed by atoms with E-state index in [4.69, 9.17) is 4.74 Å². The van der Waals surface area contributed by atoms with Gasteiger partial charge in [0.2, 0.25) is 0 Å². The second-order valence-corrected chi connectivity index (χ2v) is 3.41. The van der Waals surface area contributed by atoms with Crippen molar-refractivity contribution in [1.82, 2.24) is 15.3 Å². The Hall–Kier alpha value is -1.29. The number of nitrogens with zero attached hydrogens (tertiary/aromatic N) is 1. The highest BCUT2D eigenvalue weighted by Gasteiger charge is 2.09. The minimum atomic E-state index is 0.322. The van der Waals surface area contributed by atoms with Crippen LogP contribution in [0, 0.1) is 0 Å². The van der Waals surface area contributed by atoms with Gasteiger partial charge in [0.15, 0.2) is 0 Å². The number of aromatic nitrogens is 2. The van der Waals surface area contributed by atoms with Crippen LogP contribution in [0.25, 0.3) is 0 Å². The number of allylic oxidation sites excluding steroid dienone is 1. The molecule has 2 N–H and O–H groups in total. The summed E-state index contributed by atoms with van der Waals surface area (Å²) in [4.78, 5) is 7.00. The number of hydrogen-bond acceptors (Lipinski definition) is 3. The van der Waals surface area contributed by atoms with Crippen LogP contribution < -0.4 is 5.32 Å². The fourth-order valence-corrected chi connectivity index (χ4v) is 1.48. The molecular formula is C10H15N3O. The molecule has 4 heteroatoms. The van der Waals surface area contributed by atoms with Crippen LogP contribution in [0.1, 0.15) is 18.5 Å². The summed E-state index contributed by atoms with van der Waals surface area (Å²) in [6, 6.07) is 0. The van der Waals surface area contributed by atoms with Gasteiger partial charge < -0.3 is 15.0 Å². The van der Waals surface area contributed by atoms with Crippen molar-refractivity contribution in [3.05, 3.63) is 30.6 Å². The van der Waals surface area contributed by atoms with Crippen LogP contribution >= 0.6 is 0 Å². The summed E-state index contributed by atoms with van der Waals surface area (Å²) >= 11 is 0. The fraction of sp³-hybridized carbons (Fsp3) is 0.500. The third kappa shape index (κ3) is 2.60. The quantitative estimate of drug-likeness (QED) is 0.755. The van der Waals surface area contributed by atoms with Crippen molar-refractivity contribution in [2.45, 2.75) is 25.5 Å². The number of rotatable bonds is 4. The molecule has 0 saturated heterocycles. The zero-order chi connectivity index (χ0) is 9.64. The minimum Gasteiger partial charge on any atom is -0.497 e. The van der Waals surface area contributed by atoms with E-state index in [1.165, 1.54) is 0 Å². The van der Waals surface area contributed by atoms with Crippen LogP contribution in [0.4, 0.5) is 0 Å². The van der Waals surface area contributed by atoms with Crippen LogP contribution in [-0.2, 0) is 11.3 Å². The van der Waals surface area contributed by atoms with Crippen LogP contribution in [0.3, 0.4) is 0 Å². The molecule has 1 aromatic rings. The van der Waals surface area contributed by atoms with Crippen LogP contribution in [-0.4, -0.2) is 22.6 Å². The van der Waals surface area contributed by atoms with E-state index in [1.807, 2.05) is 6.20 Å². The highest BCUT2D eigenvalue weighted by atomic mass is 16.5. The lowest BCUT2D eigenvalue weighted by Gasteiger charge is -2.19. The van der Waals surface area contributed by atoms with E-state index in [2.05, 4.69) is 21.4 Å². The molecule has 1 atom stereocenters. The predicted molar refractivity (Wildman–Crippen MR) is 53.5 cm³/mol. The Bertz CT molecular complexity index is 282. The number of aromatic amines is 1. The van der Waals surface area contributed by atoms with Crippen LogP contribution in [0.5, 0.6) is 0 Å². The van der Waals surface area contributed by atoms with Gasteiger partial charge in [0, 0.05) is 25.0 Å². The van der Waals surface area contributed by atoms with Crippen LogP contribution in [0.2, 0.25) is 0 Å². The summed E-state index contributed by atoms with van der Waals surface area (Å²) in [6.07, 6.45) is 9.93. The molecule has 0 saturated carbocycles. The Labute approximate surface area is 83.4 Å². The van der Waals surface area contributed by atoms with E-state index < -0.39 is 0 Å². The lowest BCUT2D eigenvalue weighted by Crippen LogP contribution is -2.28. The minimum absolute atomic E-state index is 0.322. The number of hydrogen-bond donors (Lipinski definition) is 2. The molecule has 1 aliphatic rings. The third-order valence-corrected chi connectivity index (χ3v) is 2.26. The lowest BCUT2D eigenvalue weighted by molar-refractivity contribution is 0.122. The van der Waals surface area contributed by atoms with Crippen molar-refractivity contribution in [3.63, 3.8) is 0 Å². The molecule has 76 valence electrons. The third-order valence-electron chi connectivity index (χ3n) is 2.26. The van der Waals surface area contributed by atoms with Crippen molar-refractivity contribution in [2.75, 3.05) is 6.54 Å². The molecule has 1 aliphatic heterocycles. The van der Waals surface area contributed by atoms with Gasteiger partial charge in [0.05, 0.1) is 12.6 Å². The maximum absolute atomic E-state index is 5.43. The molecule has 0 spiro atoms. The lowest BCUT2D eigenvalue weighted by atomic mass is 10.1. The Morgan fingerprint density at radius 1 is 1.64 bits per heavy atom. The first-order valence-electron chi connectivity index (χ1n) is 4.93. The summed E-state index contributed by atoms with van der Waals surface area (Å²) in [5.74, 6) is 0. The molecule has 0 bridgehead atoms. The van der Waals surface area contributed by atoms with E-state index in [0.717, 1.165) is 31.6 Å². The van der Waals surface area contributed by atoms with Gasteiger partial charge in [-0.3, -0.25) is 0 Å². The summed E-state index contributed by atoms with van der Waals surface area (Å²) in [5, 5.41) is 3.33. The maximum Gasteiger partial charge on any atom is 0.110 e. The molecule has 0 aromatic carbocycles. The summed E-state index contributed by atoms with van der Waals surface area (Å²) in [6.45, 7) is 1.72. The molecule has 0 amide bonds. The first kappa shape index (κ1) is 9.27. The number of imidazole rings is 1. The van der Waals surface area contributed by atoms with E-state index in [1.54, 1.807) is 12.6 Å². The van der Waals surface area contributed by atoms with Gasteiger partial charge in [-0.1, -0.05) is 0 Å². The zero-order valence-electron chi connectivity index (χ0n) is 8.07. The van der Waals surface area contributed by atoms with Gasteiger partial charge in [-0.05, 0) is 18.9 Å². The average molecular weight is 193 g/mol. The van der Waals surface area contributed by atoms with Gasteiger partial charge in [0.1, 0.15) is 6.10 Å². The molecule has 0 fully saturated rings. The van der Waals surface area contributed by atoms with E-state index in [9.17, 15) is 0 Å². The molecule has 1 unspecified atom stereocenters. The van der Waals surface area contributed by atoms with E-state index in [0.29, 0.717) is 6.10 Å². The van der Waals surface area contributed by atoms with Gasteiger partial charge in [-0.25, -0.2) is 4.98 Å². The molecular weight excluding hydrogens is 178 g/mol. The maximum atomic E-state index is 5.43. The van der Waals surface area contributed by atoms with Crippen molar-refractivity contribution < 1.29 is 4.74 Å². The Kier molecular flexibility index (Phi) is 3.19. The summed E-state index contributed by atoms with van der Waals surface area (Å²) in [7, 11) is 0. The van der Waals surface area contributed by atoms with E-state index >= 15 is 0 Å².